The van der Waals surface area contributed by atoms with Crippen LogP contribution < -0.4 is 5.32 Å². The van der Waals surface area contributed by atoms with Crippen LogP contribution in [0.2, 0.25) is 0 Å². The zero-order valence-corrected chi connectivity index (χ0v) is 12.8. The lowest BCUT2D eigenvalue weighted by molar-refractivity contribution is 0.0952. The van der Waals surface area contributed by atoms with E-state index < -0.39 is 0 Å². The first kappa shape index (κ1) is 14.5. The van der Waals surface area contributed by atoms with Crippen LogP contribution in [-0.4, -0.2) is 37.0 Å². The first-order valence-corrected chi connectivity index (χ1v) is 8.11. The molecule has 0 aromatic carbocycles. The van der Waals surface area contributed by atoms with Crippen LogP contribution in [0.25, 0.3) is 0 Å². The van der Waals surface area contributed by atoms with E-state index in [2.05, 4.69) is 17.1 Å². The van der Waals surface area contributed by atoms with Gasteiger partial charge in [-0.05, 0) is 64.7 Å². The highest BCUT2D eigenvalue weighted by molar-refractivity contribution is 7.10. The molecule has 4 heteroatoms. The van der Waals surface area contributed by atoms with Crippen LogP contribution in [0.15, 0.2) is 5.38 Å². The van der Waals surface area contributed by atoms with Gasteiger partial charge in [-0.1, -0.05) is 0 Å². The molecule has 0 radical (unpaired) electrons. The van der Waals surface area contributed by atoms with Gasteiger partial charge in [0.25, 0.3) is 5.91 Å². The minimum absolute atomic E-state index is 0.0861. The van der Waals surface area contributed by atoms with Crippen molar-refractivity contribution in [2.45, 2.75) is 39.5 Å². The second-order valence-electron chi connectivity index (χ2n) is 5.34. The van der Waals surface area contributed by atoms with E-state index in [-0.39, 0.29) is 5.91 Å². The molecule has 2 heterocycles. The number of unbranched alkanes of at least 4 members (excludes halogenated alkanes) is 1. The van der Waals surface area contributed by atoms with Crippen LogP contribution in [0.3, 0.4) is 0 Å². The normalized spacial score (nSPS) is 15.9. The number of likely N-dealkylation sites (tertiary alicyclic amines) is 1. The summed E-state index contributed by atoms with van der Waals surface area (Å²) in [6.45, 7) is 8.59. The average Bonchev–Trinajstić information content (AvgIpc) is 3.01. The minimum Gasteiger partial charge on any atom is -0.352 e. The van der Waals surface area contributed by atoms with E-state index in [0.29, 0.717) is 0 Å². The van der Waals surface area contributed by atoms with Crippen LogP contribution >= 0.6 is 11.3 Å². The largest absolute Gasteiger partial charge is 0.352 e. The highest BCUT2D eigenvalue weighted by atomic mass is 32.1. The Labute approximate surface area is 120 Å². The molecule has 1 amide bonds. The predicted octanol–water partition coefficient (Wildman–Crippen LogP) is 2.97. The number of carbonyl (C=O) groups excluding carboxylic acids is 1. The van der Waals surface area contributed by atoms with E-state index >= 15 is 0 Å². The maximum Gasteiger partial charge on any atom is 0.252 e. The van der Waals surface area contributed by atoms with Crippen molar-refractivity contribution in [2.24, 2.45) is 0 Å². The van der Waals surface area contributed by atoms with E-state index in [1.165, 1.54) is 43.8 Å². The Hall–Kier alpha value is -0.870. The lowest BCUT2D eigenvalue weighted by Gasteiger charge is -2.14. The Morgan fingerprint density at radius 3 is 2.68 bits per heavy atom. The van der Waals surface area contributed by atoms with Crippen LogP contribution in [0.5, 0.6) is 0 Å². The van der Waals surface area contributed by atoms with Crippen molar-refractivity contribution in [2.75, 3.05) is 26.2 Å². The van der Waals surface area contributed by atoms with Gasteiger partial charge >= 0.3 is 0 Å². The summed E-state index contributed by atoms with van der Waals surface area (Å²) in [4.78, 5) is 15.7. The molecule has 1 aromatic rings. The molecule has 1 aliphatic rings. The van der Waals surface area contributed by atoms with Gasteiger partial charge in [-0.3, -0.25) is 4.79 Å². The standard InChI is InChI=1S/C15H24N2OS/c1-12-13(2)19-11-14(12)15(18)16-7-3-4-8-17-9-5-6-10-17/h11H,3-10H2,1-2H3,(H,16,18). The summed E-state index contributed by atoms with van der Waals surface area (Å²) in [6, 6.07) is 0. The molecule has 1 saturated heterocycles. The molecule has 0 spiro atoms. The van der Waals surface area contributed by atoms with E-state index in [4.69, 9.17) is 0 Å². The molecule has 0 atom stereocenters. The number of amides is 1. The number of carbonyl (C=O) groups is 1. The molecular formula is C15H24N2OS. The highest BCUT2D eigenvalue weighted by Gasteiger charge is 2.12. The summed E-state index contributed by atoms with van der Waals surface area (Å²) >= 11 is 1.65. The first-order valence-electron chi connectivity index (χ1n) is 7.23. The Morgan fingerprint density at radius 2 is 2.05 bits per heavy atom. The van der Waals surface area contributed by atoms with E-state index in [0.717, 1.165) is 24.1 Å². The highest BCUT2D eigenvalue weighted by Crippen LogP contribution is 2.20. The summed E-state index contributed by atoms with van der Waals surface area (Å²) < 4.78 is 0. The third-order valence-corrected chi connectivity index (χ3v) is 4.93. The molecule has 1 aromatic heterocycles. The molecule has 0 saturated carbocycles. The number of aryl methyl sites for hydroxylation is 1. The first-order chi connectivity index (χ1) is 9.18. The second kappa shape index (κ2) is 7.06. The molecule has 1 aliphatic heterocycles. The smallest absolute Gasteiger partial charge is 0.252 e. The quantitative estimate of drug-likeness (QED) is 0.813. The molecule has 19 heavy (non-hydrogen) atoms. The Balaban J connectivity index is 1.62. The molecule has 1 N–H and O–H groups in total. The maximum absolute atomic E-state index is 12.0. The summed E-state index contributed by atoms with van der Waals surface area (Å²) in [7, 11) is 0. The summed E-state index contributed by atoms with van der Waals surface area (Å²) in [5, 5.41) is 4.99. The summed E-state index contributed by atoms with van der Waals surface area (Å²) in [6.07, 6.45) is 4.97. The number of thiophene rings is 1. The summed E-state index contributed by atoms with van der Waals surface area (Å²) in [5.74, 6) is 0.0861. The van der Waals surface area contributed by atoms with Crippen molar-refractivity contribution >= 4 is 17.2 Å². The number of nitrogens with zero attached hydrogens (tertiary/aromatic N) is 1. The molecular weight excluding hydrogens is 256 g/mol. The Kier molecular flexibility index (Phi) is 5.40. The third kappa shape index (κ3) is 4.05. The number of hydrogen-bond acceptors (Lipinski definition) is 3. The van der Waals surface area contributed by atoms with Crippen LogP contribution in [0.1, 0.15) is 46.5 Å². The SMILES string of the molecule is Cc1scc(C(=O)NCCCCN2CCCC2)c1C. The Bertz CT molecular complexity index is 422. The van der Waals surface area contributed by atoms with Gasteiger partial charge in [0.1, 0.15) is 0 Å². The minimum atomic E-state index is 0.0861. The van der Waals surface area contributed by atoms with Crippen molar-refractivity contribution in [3.8, 4) is 0 Å². The van der Waals surface area contributed by atoms with Gasteiger partial charge in [0, 0.05) is 16.8 Å². The monoisotopic (exact) mass is 280 g/mol. The summed E-state index contributed by atoms with van der Waals surface area (Å²) in [5.41, 5.74) is 1.97. The molecule has 0 unspecified atom stereocenters. The fourth-order valence-electron chi connectivity index (χ4n) is 2.50. The zero-order chi connectivity index (χ0) is 13.7. The lowest BCUT2D eigenvalue weighted by atomic mass is 10.1. The molecule has 1 fully saturated rings. The molecule has 3 nitrogen and oxygen atoms in total. The maximum atomic E-state index is 12.0. The fourth-order valence-corrected chi connectivity index (χ4v) is 3.37. The van der Waals surface area contributed by atoms with Gasteiger partial charge in [0.2, 0.25) is 0 Å². The van der Waals surface area contributed by atoms with E-state index in [9.17, 15) is 4.79 Å². The molecule has 0 aliphatic carbocycles. The van der Waals surface area contributed by atoms with Crippen LogP contribution in [-0.2, 0) is 0 Å². The Morgan fingerprint density at radius 1 is 1.32 bits per heavy atom. The van der Waals surface area contributed by atoms with Crippen LogP contribution in [0.4, 0.5) is 0 Å². The topological polar surface area (TPSA) is 32.3 Å². The lowest BCUT2D eigenvalue weighted by Crippen LogP contribution is -2.26. The van der Waals surface area contributed by atoms with Gasteiger partial charge in [-0.25, -0.2) is 0 Å². The molecule has 2 rings (SSSR count). The fraction of sp³-hybridized carbons (Fsp3) is 0.667. The average molecular weight is 280 g/mol. The predicted molar refractivity (Wildman–Crippen MR) is 81.0 cm³/mol. The molecule has 0 bridgehead atoms. The van der Waals surface area contributed by atoms with Crippen molar-refractivity contribution < 1.29 is 4.79 Å². The second-order valence-corrected chi connectivity index (χ2v) is 6.43. The number of nitrogens with one attached hydrogen (secondary N) is 1. The van der Waals surface area contributed by atoms with Crippen LogP contribution in [0, 0.1) is 13.8 Å². The van der Waals surface area contributed by atoms with E-state index in [1.807, 2.05) is 12.3 Å². The van der Waals surface area contributed by atoms with E-state index in [1.54, 1.807) is 11.3 Å². The van der Waals surface area contributed by atoms with Crippen molar-refractivity contribution in [1.29, 1.82) is 0 Å². The van der Waals surface area contributed by atoms with Crippen molar-refractivity contribution in [1.82, 2.24) is 10.2 Å². The van der Waals surface area contributed by atoms with Gasteiger partial charge in [0.05, 0.1) is 5.56 Å². The number of hydrogen-bond donors (Lipinski definition) is 1. The number of rotatable bonds is 6. The van der Waals surface area contributed by atoms with Gasteiger partial charge in [-0.2, -0.15) is 0 Å². The van der Waals surface area contributed by atoms with Crippen molar-refractivity contribution in [3.05, 3.63) is 21.4 Å². The molecule has 106 valence electrons. The van der Waals surface area contributed by atoms with Gasteiger partial charge in [0.15, 0.2) is 0 Å². The third-order valence-electron chi connectivity index (χ3n) is 3.92. The van der Waals surface area contributed by atoms with Crippen molar-refractivity contribution in [3.63, 3.8) is 0 Å². The van der Waals surface area contributed by atoms with Gasteiger partial charge < -0.3 is 10.2 Å². The zero-order valence-electron chi connectivity index (χ0n) is 12.0. The van der Waals surface area contributed by atoms with Gasteiger partial charge in [-0.15, -0.1) is 11.3 Å².